The van der Waals surface area contributed by atoms with E-state index in [0.29, 0.717) is 5.57 Å². The quantitative estimate of drug-likeness (QED) is 0.794. The van der Waals surface area contributed by atoms with Gasteiger partial charge in [0, 0.05) is 18.1 Å². The monoisotopic (exact) mass is 318 g/mol. The normalized spacial score (nSPS) is 17.5. The molecule has 5 heteroatoms. The van der Waals surface area contributed by atoms with Crippen LogP contribution in [-0.2, 0) is 19.1 Å². The van der Waals surface area contributed by atoms with E-state index in [1.54, 1.807) is 14.0 Å². The lowest BCUT2D eigenvalue weighted by atomic mass is 9.89. The van der Waals surface area contributed by atoms with Crippen molar-refractivity contribution in [2.75, 3.05) is 7.11 Å². The third-order valence-electron chi connectivity index (χ3n) is 3.91. The van der Waals surface area contributed by atoms with Crippen molar-refractivity contribution in [1.29, 1.82) is 0 Å². The first kappa shape index (κ1) is 17.1. The Bertz CT molecular complexity index is 685. The molecule has 1 aromatic rings. The molecule has 0 fully saturated rings. The molecule has 0 spiro atoms. The van der Waals surface area contributed by atoms with Gasteiger partial charge in [-0.25, -0.2) is 4.79 Å². The fourth-order valence-electron chi connectivity index (χ4n) is 2.76. The molecule has 1 aliphatic heterocycles. The van der Waals surface area contributed by atoms with Gasteiger partial charge in [-0.15, -0.1) is 0 Å². The Kier molecular flexibility index (Phi) is 4.78. The zero-order valence-corrected chi connectivity index (χ0v) is 14.4. The molecule has 0 aromatic heterocycles. The molecule has 0 bridgehead atoms. The molecular formula is C18H22O5. The minimum absolute atomic E-state index is 0.00863. The zero-order valence-electron chi connectivity index (χ0n) is 14.4. The third kappa shape index (κ3) is 3.23. The molecular weight excluding hydrogens is 296 g/mol. The van der Waals surface area contributed by atoms with E-state index in [1.165, 1.54) is 6.92 Å². The first-order chi connectivity index (χ1) is 10.8. The number of carbonyl (C=O) groups is 2. The summed E-state index contributed by atoms with van der Waals surface area (Å²) in [4.78, 5) is 23.2. The van der Waals surface area contributed by atoms with Crippen molar-refractivity contribution in [3.05, 3.63) is 40.2 Å². The van der Waals surface area contributed by atoms with E-state index in [4.69, 9.17) is 14.2 Å². The Morgan fingerprint density at radius 1 is 1.26 bits per heavy atom. The van der Waals surface area contributed by atoms with Gasteiger partial charge >= 0.3 is 11.9 Å². The van der Waals surface area contributed by atoms with Gasteiger partial charge < -0.3 is 14.2 Å². The Morgan fingerprint density at radius 2 is 1.91 bits per heavy atom. The first-order valence-corrected chi connectivity index (χ1v) is 7.54. The van der Waals surface area contributed by atoms with Gasteiger partial charge in [-0.05, 0) is 43.0 Å². The molecule has 0 saturated heterocycles. The highest BCUT2D eigenvalue weighted by molar-refractivity contribution is 5.92. The lowest BCUT2D eigenvalue weighted by molar-refractivity contribution is -0.149. The number of esters is 2. The standard InChI is InChI=1S/C18H22O5/c1-9(2)13-8-15(21-6)10(3)7-14(13)16-11(4)17(18(20)23-16)22-12(5)19/h7-9,16H,1-6H3. The average Bonchev–Trinajstić information content (AvgIpc) is 2.74. The van der Waals surface area contributed by atoms with Crippen molar-refractivity contribution in [2.24, 2.45) is 0 Å². The first-order valence-electron chi connectivity index (χ1n) is 7.54. The fraction of sp³-hybridized carbons (Fsp3) is 0.444. The Hall–Kier alpha value is -2.30. The van der Waals surface area contributed by atoms with Crippen molar-refractivity contribution in [3.63, 3.8) is 0 Å². The van der Waals surface area contributed by atoms with Gasteiger partial charge in [0.15, 0.2) is 6.10 Å². The summed E-state index contributed by atoms with van der Waals surface area (Å²) >= 11 is 0. The number of hydrogen-bond acceptors (Lipinski definition) is 5. The maximum Gasteiger partial charge on any atom is 0.375 e. The van der Waals surface area contributed by atoms with Crippen LogP contribution in [0.5, 0.6) is 5.75 Å². The van der Waals surface area contributed by atoms with Crippen LogP contribution in [0.4, 0.5) is 0 Å². The molecule has 1 aromatic carbocycles. The van der Waals surface area contributed by atoms with Gasteiger partial charge in [0.2, 0.25) is 5.76 Å². The van der Waals surface area contributed by atoms with E-state index in [-0.39, 0.29) is 11.7 Å². The minimum atomic E-state index is -0.606. The molecule has 0 saturated carbocycles. The molecule has 124 valence electrons. The van der Waals surface area contributed by atoms with E-state index in [0.717, 1.165) is 22.4 Å². The van der Waals surface area contributed by atoms with Crippen LogP contribution in [0.2, 0.25) is 0 Å². The highest BCUT2D eigenvalue weighted by Gasteiger charge is 2.36. The number of hydrogen-bond donors (Lipinski definition) is 0. The van der Waals surface area contributed by atoms with Crippen molar-refractivity contribution in [2.45, 2.75) is 46.6 Å². The zero-order chi connectivity index (χ0) is 17.3. The van der Waals surface area contributed by atoms with E-state index in [9.17, 15) is 9.59 Å². The highest BCUT2D eigenvalue weighted by Crippen LogP contribution is 2.40. The molecule has 1 atom stereocenters. The smallest absolute Gasteiger partial charge is 0.375 e. The van der Waals surface area contributed by atoms with E-state index < -0.39 is 18.0 Å². The number of carbonyl (C=O) groups excluding carboxylic acids is 2. The SMILES string of the molecule is COc1cc(C(C)C)c(C2OC(=O)C(OC(C)=O)=C2C)cc1C. The van der Waals surface area contributed by atoms with Crippen molar-refractivity contribution < 1.29 is 23.8 Å². The summed E-state index contributed by atoms with van der Waals surface area (Å²) in [6.07, 6.45) is -0.543. The predicted octanol–water partition coefficient (Wildman–Crippen LogP) is 3.56. The fourth-order valence-corrected chi connectivity index (χ4v) is 2.76. The van der Waals surface area contributed by atoms with Crippen LogP contribution in [0.1, 0.15) is 56.4 Å². The number of cyclic esters (lactones) is 1. The molecule has 1 heterocycles. The van der Waals surface area contributed by atoms with Gasteiger partial charge in [-0.2, -0.15) is 0 Å². The minimum Gasteiger partial charge on any atom is -0.496 e. The molecule has 1 unspecified atom stereocenters. The summed E-state index contributed by atoms with van der Waals surface area (Å²) in [6.45, 7) is 9.08. The number of aryl methyl sites for hydroxylation is 1. The van der Waals surface area contributed by atoms with E-state index in [2.05, 4.69) is 13.8 Å². The summed E-state index contributed by atoms with van der Waals surface area (Å²) < 4.78 is 15.9. The van der Waals surface area contributed by atoms with Gasteiger partial charge in [-0.1, -0.05) is 13.8 Å². The Balaban J connectivity index is 2.54. The summed E-state index contributed by atoms with van der Waals surface area (Å²) in [7, 11) is 1.63. The Morgan fingerprint density at radius 3 is 2.43 bits per heavy atom. The predicted molar refractivity (Wildman–Crippen MR) is 85.1 cm³/mol. The molecule has 23 heavy (non-hydrogen) atoms. The molecule has 2 rings (SSSR count). The van der Waals surface area contributed by atoms with Gasteiger partial charge in [0.1, 0.15) is 5.75 Å². The summed E-state index contributed by atoms with van der Waals surface area (Å²) in [5.74, 6) is -0.129. The summed E-state index contributed by atoms with van der Waals surface area (Å²) in [6, 6.07) is 3.94. The van der Waals surface area contributed by atoms with Crippen LogP contribution in [0.3, 0.4) is 0 Å². The van der Waals surface area contributed by atoms with Gasteiger partial charge in [0.05, 0.1) is 7.11 Å². The number of ether oxygens (including phenoxy) is 3. The topological polar surface area (TPSA) is 61.8 Å². The van der Waals surface area contributed by atoms with Gasteiger partial charge in [0.25, 0.3) is 0 Å². The second kappa shape index (κ2) is 6.44. The van der Waals surface area contributed by atoms with Crippen LogP contribution in [0.25, 0.3) is 0 Å². The lowest BCUT2D eigenvalue weighted by Gasteiger charge is -2.21. The van der Waals surface area contributed by atoms with E-state index in [1.807, 2.05) is 19.1 Å². The summed E-state index contributed by atoms with van der Waals surface area (Å²) in [5, 5.41) is 0. The van der Waals surface area contributed by atoms with E-state index >= 15 is 0 Å². The molecule has 0 aliphatic carbocycles. The van der Waals surface area contributed by atoms with Crippen LogP contribution in [0, 0.1) is 6.92 Å². The second-order valence-corrected chi connectivity index (χ2v) is 6.00. The molecule has 0 amide bonds. The number of benzene rings is 1. The molecule has 0 N–H and O–H groups in total. The van der Waals surface area contributed by atoms with Crippen molar-refractivity contribution in [1.82, 2.24) is 0 Å². The van der Waals surface area contributed by atoms with Gasteiger partial charge in [-0.3, -0.25) is 4.79 Å². The highest BCUT2D eigenvalue weighted by atomic mass is 16.6. The van der Waals surface area contributed by atoms with Crippen LogP contribution in [-0.4, -0.2) is 19.0 Å². The van der Waals surface area contributed by atoms with Crippen LogP contribution >= 0.6 is 0 Å². The number of rotatable bonds is 4. The molecule has 5 nitrogen and oxygen atoms in total. The van der Waals surface area contributed by atoms with Crippen molar-refractivity contribution in [3.8, 4) is 5.75 Å². The van der Waals surface area contributed by atoms with Crippen molar-refractivity contribution >= 4 is 11.9 Å². The van der Waals surface area contributed by atoms with Crippen LogP contribution < -0.4 is 4.74 Å². The lowest BCUT2D eigenvalue weighted by Crippen LogP contribution is -2.09. The summed E-state index contributed by atoms with van der Waals surface area (Å²) in [5.41, 5.74) is 3.49. The van der Waals surface area contributed by atoms with Crippen LogP contribution in [0.15, 0.2) is 23.5 Å². The number of methoxy groups -OCH3 is 1. The second-order valence-electron chi connectivity index (χ2n) is 6.00. The third-order valence-corrected chi connectivity index (χ3v) is 3.91. The maximum atomic E-state index is 12.0. The average molecular weight is 318 g/mol. The molecule has 1 aliphatic rings. The molecule has 0 radical (unpaired) electrons. The Labute approximate surface area is 136 Å². The maximum absolute atomic E-state index is 12.0. The largest absolute Gasteiger partial charge is 0.496 e.